The first-order chi connectivity index (χ1) is 11.8. The third kappa shape index (κ3) is 2.19. The van der Waals surface area contributed by atoms with Crippen LogP contribution in [0.4, 0.5) is 0 Å². The van der Waals surface area contributed by atoms with Crippen LogP contribution in [0.3, 0.4) is 0 Å². The van der Waals surface area contributed by atoms with Crippen LogP contribution >= 0.6 is 0 Å². The first kappa shape index (κ1) is 13.4. The Hall–Kier alpha value is -3.02. The highest BCUT2D eigenvalue weighted by molar-refractivity contribution is 5.87. The standard InChI is InChI=1S/C18H16N6/c1-24-10-15(9-23-24)11-2-12-4-16(12)17(3-11)18-19-5-13(6-20-18)14-7-21-22-8-14/h2-3,5-10,12,16H,4H2,1H3,(H,21,22). The molecule has 1 saturated carbocycles. The van der Waals surface area contributed by atoms with E-state index >= 15 is 0 Å². The fourth-order valence-electron chi connectivity index (χ4n) is 3.32. The minimum atomic E-state index is 0.560. The summed E-state index contributed by atoms with van der Waals surface area (Å²) in [6.07, 6.45) is 17.1. The normalized spacial score (nSPS) is 21.9. The van der Waals surface area contributed by atoms with Crippen molar-refractivity contribution in [2.45, 2.75) is 6.42 Å². The number of hydrogen-bond donors (Lipinski definition) is 1. The van der Waals surface area contributed by atoms with Crippen LogP contribution in [0.5, 0.6) is 0 Å². The van der Waals surface area contributed by atoms with Crippen LogP contribution in [0.2, 0.25) is 0 Å². The molecule has 3 heterocycles. The number of nitrogens with zero attached hydrogens (tertiary/aromatic N) is 5. The number of H-pyrrole nitrogens is 1. The van der Waals surface area contributed by atoms with Crippen molar-refractivity contribution < 1.29 is 0 Å². The summed E-state index contributed by atoms with van der Waals surface area (Å²) in [7, 11) is 1.94. The van der Waals surface area contributed by atoms with Crippen molar-refractivity contribution in [1.82, 2.24) is 29.9 Å². The SMILES string of the molecule is Cn1cc(C2=CC3CC3C(c3ncc(-c4cn[nH]c4)cn3)=C2)cn1. The Labute approximate surface area is 139 Å². The van der Waals surface area contributed by atoms with Crippen LogP contribution in [0.1, 0.15) is 17.8 Å². The van der Waals surface area contributed by atoms with Crippen LogP contribution < -0.4 is 0 Å². The van der Waals surface area contributed by atoms with E-state index in [4.69, 9.17) is 0 Å². The molecule has 6 heteroatoms. The summed E-state index contributed by atoms with van der Waals surface area (Å²) in [6.45, 7) is 0. The smallest absolute Gasteiger partial charge is 0.155 e. The van der Waals surface area contributed by atoms with Gasteiger partial charge in [0.1, 0.15) is 0 Å². The minimum Gasteiger partial charge on any atom is -0.285 e. The average Bonchev–Trinajstić information content (AvgIpc) is 2.98. The molecule has 0 spiro atoms. The summed E-state index contributed by atoms with van der Waals surface area (Å²) in [4.78, 5) is 9.20. The molecule has 1 N–H and O–H groups in total. The first-order valence-electron chi connectivity index (χ1n) is 8.02. The third-order valence-electron chi connectivity index (χ3n) is 4.72. The molecule has 2 atom stereocenters. The van der Waals surface area contributed by atoms with Gasteiger partial charge in [-0.1, -0.05) is 6.08 Å². The van der Waals surface area contributed by atoms with Crippen molar-refractivity contribution in [1.29, 1.82) is 0 Å². The van der Waals surface area contributed by atoms with Crippen molar-refractivity contribution in [2.75, 3.05) is 0 Å². The number of hydrogen-bond acceptors (Lipinski definition) is 4. The Kier molecular flexibility index (Phi) is 2.79. The van der Waals surface area contributed by atoms with E-state index in [1.807, 2.05) is 42.7 Å². The number of fused-ring (bicyclic) bond motifs is 1. The van der Waals surface area contributed by atoms with E-state index in [0.29, 0.717) is 11.8 Å². The second kappa shape index (κ2) is 4.99. The van der Waals surface area contributed by atoms with Gasteiger partial charge in [-0.05, 0) is 29.9 Å². The van der Waals surface area contributed by atoms with Crippen molar-refractivity contribution in [2.24, 2.45) is 18.9 Å². The highest BCUT2D eigenvalue weighted by atomic mass is 15.2. The van der Waals surface area contributed by atoms with E-state index in [-0.39, 0.29) is 0 Å². The van der Waals surface area contributed by atoms with Gasteiger partial charge in [-0.3, -0.25) is 9.78 Å². The average molecular weight is 316 g/mol. The number of rotatable bonds is 3. The molecule has 1 fully saturated rings. The summed E-state index contributed by atoms with van der Waals surface area (Å²) in [5, 5.41) is 11.1. The molecule has 118 valence electrons. The predicted octanol–water partition coefficient (Wildman–Crippen LogP) is 2.72. The van der Waals surface area contributed by atoms with Gasteiger partial charge in [0, 0.05) is 54.1 Å². The lowest BCUT2D eigenvalue weighted by Gasteiger charge is -2.12. The lowest BCUT2D eigenvalue weighted by atomic mass is 9.95. The van der Waals surface area contributed by atoms with E-state index in [2.05, 4.69) is 37.4 Å². The van der Waals surface area contributed by atoms with E-state index in [0.717, 1.165) is 22.5 Å². The summed E-state index contributed by atoms with van der Waals surface area (Å²) in [5.41, 5.74) is 5.58. The van der Waals surface area contributed by atoms with Gasteiger partial charge in [0.15, 0.2) is 5.82 Å². The maximum absolute atomic E-state index is 4.60. The molecule has 3 aromatic heterocycles. The number of allylic oxidation sites excluding steroid dienone is 4. The Balaban J connectivity index is 1.50. The topological polar surface area (TPSA) is 72.3 Å². The summed E-state index contributed by atoms with van der Waals surface area (Å²) in [5.74, 6) is 1.99. The van der Waals surface area contributed by atoms with Crippen LogP contribution in [0.15, 0.2) is 49.3 Å². The molecule has 2 unspecified atom stereocenters. The number of aromatic amines is 1. The Morgan fingerprint density at radius 2 is 1.96 bits per heavy atom. The van der Waals surface area contributed by atoms with Crippen LogP contribution in [-0.2, 0) is 7.05 Å². The molecule has 2 aliphatic rings. The molecule has 5 rings (SSSR count). The van der Waals surface area contributed by atoms with E-state index in [1.54, 1.807) is 6.20 Å². The van der Waals surface area contributed by atoms with E-state index in [1.165, 1.54) is 17.6 Å². The van der Waals surface area contributed by atoms with Crippen LogP contribution in [0, 0.1) is 11.8 Å². The fourth-order valence-corrected chi connectivity index (χ4v) is 3.32. The second-order valence-corrected chi connectivity index (χ2v) is 6.41. The van der Waals surface area contributed by atoms with Crippen LogP contribution in [-0.4, -0.2) is 29.9 Å². The van der Waals surface area contributed by atoms with Gasteiger partial charge in [-0.15, -0.1) is 0 Å². The van der Waals surface area contributed by atoms with Gasteiger partial charge in [-0.2, -0.15) is 10.2 Å². The van der Waals surface area contributed by atoms with Crippen molar-refractivity contribution in [3.63, 3.8) is 0 Å². The van der Waals surface area contributed by atoms with E-state index < -0.39 is 0 Å². The fraction of sp³-hybridized carbons (Fsp3) is 0.222. The van der Waals surface area contributed by atoms with Crippen molar-refractivity contribution >= 4 is 11.1 Å². The number of aryl methyl sites for hydroxylation is 1. The third-order valence-corrected chi connectivity index (χ3v) is 4.72. The molecule has 2 aliphatic carbocycles. The Bertz CT molecular complexity index is 946. The van der Waals surface area contributed by atoms with Gasteiger partial charge < -0.3 is 0 Å². The highest BCUT2D eigenvalue weighted by Gasteiger charge is 2.42. The van der Waals surface area contributed by atoms with Crippen molar-refractivity contribution in [3.05, 3.63) is 60.7 Å². The molecule has 0 radical (unpaired) electrons. The largest absolute Gasteiger partial charge is 0.285 e. The lowest BCUT2D eigenvalue weighted by molar-refractivity contribution is 0.767. The molecule has 0 bridgehead atoms. The molecular formula is C18H16N6. The molecule has 0 saturated heterocycles. The minimum absolute atomic E-state index is 0.560. The lowest BCUT2D eigenvalue weighted by Crippen LogP contribution is -2.00. The van der Waals surface area contributed by atoms with Gasteiger partial charge in [0.25, 0.3) is 0 Å². The summed E-state index contributed by atoms with van der Waals surface area (Å²) >= 11 is 0. The molecular weight excluding hydrogens is 300 g/mol. The van der Waals surface area contributed by atoms with Crippen molar-refractivity contribution in [3.8, 4) is 11.1 Å². The molecule has 6 nitrogen and oxygen atoms in total. The quantitative estimate of drug-likeness (QED) is 0.806. The summed E-state index contributed by atoms with van der Waals surface area (Å²) < 4.78 is 1.83. The highest BCUT2D eigenvalue weighted by Crippen LogP contribution is 2.53. The first-order valence-corrected chi connectivity index (χ1v) is 8.02. The molecule has 3 aromatic rings. The second-order valence-electron chi connectivity index (χ2n) is 6.41. The molecule has 0 amide bonds. The molecule has 24 heavy (non-hydrogen) atoms. The zero-order valence-electron chi connectivity index (χ0n) is 13.2. The predicted molar refractivity (Wildman–Crippen MR) is 90.4 cm³/mol. The maximum Gasteiger partial charge on any atom is 0.155 e. The monoisotopic (exact) mass is 316 g/mol. The zero-order chi connectivity index (χ0) is 16.1. The zero-order valence-corrected chi connectivity index (χ0v) is 13.2. The summed E-state index contributed by atoms with van der Waals surface area (Å²) in [6, 6.07) is 0. The number of nitrogens with one attached hydrogen (secondary N) is 1. The Morgan fingerprint density at radius 1 is 1.08 bits per heavy atom. The van der Waals surface area contributed by atoms with Gasteiger partial charge in [-0.25, -0.2) is 9.97 Å². The van der Waals surface area contributed by atoms with E-state index in [9.17, 15) is 0 Å². The van der Waals surface area contributed by atoms with Gasteiger partial charge in [0.2, 0.25) is 0 Å². The molecule has 0 aromatic carbocycles. The number of aromatic nitrogens is 6. The maximum atomic E-state index is 4.60. The Morgan fingerprint density at radius 3 is 2.67 bits per heavy atom. The molecule has 0 aliphatic heterocycles. The van der Waals surface area contributed by atoms with Gasteiger partial charge >= 0.3 is 0 Å². The van der Waals surface area contributed by atoms with Gasteiger partial charge in [0.05, 0.1) is 12.4 Å². The van der Waals surface area contributed by atoms with Crippen LogP contribution in [0.25, 0.3) is 22.3 Å².